The zero-order chi connectivity index (χ0) is 13.9. The maximum absolute atomic E-state index is 12.2. The lowest BCUT2D eigenvalue weighted by Crippen LogP contribution is -2.51. The van der Waals surface area contributed by atoms with E-state index in [1.807, 2.05) is 38.2 Å². The Morgan fingerprint density at radius 2 is 1.95 bits per heavy atom. The van der Waals surface area contributed by atoms with Crippen LogP contribution in [0.4, 0.5) is 0 Å². The molecule has 1 aliphatic carbocycles. The summed E-state index contributed by atoms with van der Waals surface area (Å²) in [4.78, 5) is 0. The van der Waals surface area contributed by atoms with E-state index in [1.165, 1.54) is 0 Å². The van der Waals surface area contributed by atoms with Gasteiger partial charge < -0.3 is 5.32 Å². The summed E-state index contributed by atoms with van der Waals surface area (Å²) >= 11 is 0. The SMILES string of the molecule is CNCc1cccc(CS(=O)(=O)NC2(C)CCC2)c1. The Labute approximate surface area is 115 Å². The molecule has 1 aliphatic rings. The zero-order valence-electron chi connectivity index (χ0n) is 11.6. The van der Waals surface area contributed by atoms with Crippen LogP contribution in [0.3, 0.4) is 0 Å². The minimum atomic E-state index is -3.26. The molecule has 106 valence electrons. The van der Waals surface area contributed by atoms with Crippen LogP contribution in [0, 0.1) is 0 Å². The molecule has 1 aromatic carbocycles. The van der Waals surface area contributed by atoms with E-state index in [0.717, 1.165) is 36.9 Å². The van der Waals surface area contributed by atoms with Gasteiger partial charge in [0.1, 0.15) is 0 Å². The summed E-state index contributed by atoms with van der Waals surface area (Å²) in [6, 6.07) is 7.70. The van der Waals surface area contributed by atoms with Gasteiger partial charge in [0, 0.05) is 12.1 Å². The van der Waals surface area contributed by atoms with Crippen molar-refractivity contribution in [3.05, 3.63) is 35.4 Å². The largest absolute Gasteiger partial charge is 0.316 e. The maximum Gasteiger partial charge on any atom is 0.216 e. The van der Waals surface area contributed by atoms with Crippen LogP contribution < -0.4 is 10.0 Å². The number of nitrogens with one attached hydrogen (secondary N) is 2. The summed E-state index contributed by atoms with van der Waals surface area (Å²) in [7, 11) is -1.38. The van der Waals surface area contributed by atoms with E-state index in [9.17, 15) is 8.42 Å². The lowest BCUT2D eigenvalue weighted by Gasteiger charge is -2.38. The molecule has 0 amide bonds. The Morgan fingerprint density at radius 1 is 1.26 bits per heavy atom. The van der Waals surface area contributed by atoms with E-state index < -0.39 is 10.0 Å². The summed E-state index contributed by atoms with van der Waals surface area (Å²) in [6.45, 7) is 2.73. The minimum Gasteiger partial charge on any atom is -0.316 e. The predicted octanol–water partition coefficient (Wildman–Crippen LogP) is 1.77. The Hall–Kier alpha value is -0.910. The van der Waals surface area contributed by atoms with Crippen molar-refractivity contribution in [1.29, 1.82) is 0 Å². The van der Waals surface area contributed by atoms with Crippen molar-refractivity contribution in [2.24, 2.45) is 0 Å². The molecule has 5 heteroatoms. The van der Waals surface area contributed by atoms with Gasteiger partial charge in [0.05, 0.1) is 5.75 Å². The summed E-state index contributed by atoms with van der Waals surface area (Å²) in [5, 5.41) is 3.07. The molecule has 0 saturated heterocycles. The van der Waals surface area contributed by atoms with E-state index in [1.54, 1.807) is 0 Å². The molecule has 0 aromatic heterocycles. The highest BCUT2D eigenvalue weighted by molar-refractivity contribution is 7.88. The third-order valence-electron chi connectivity index (χ3n) is 3.59. The molecular weight excluding hydrogens is 260 g/mol. The van der Waals surface area contributed by atoms with Crippen LogP contribution in [0.2, 0.25) is 0 Å². The van der Waals surface area contributed by atoms with E-state index in [0.29, 0.717) is 0 Å². The van der Waals surface area contributed by atoms with Crippen molar-refractivity contribution < 1.29 is 8.42 Å². The number of hydrogen-bond donors (Lipinski definition) is 2. The fourth-order valence-electron chi connectivity index (χ4n) is 2.47. The first kappa shape index (κ1) is 14.5. The van der Waals surface area contributed by atoms with Gasteiger partial charge in [-0.25, -0.2) is 13.1 Å². The van der Waals surface area contributed by atoms with E-state index >= 15 is 0 Å². The molecule has 2 rings (SSSR count). The number of rotatable bonds is 6. The fourth-order valence-corrected chi connectivity index (χ4v) is 4.12. The third kappa shape index (κ3) is 4.03. The van der Waals surface area contributed by atoms with Gasteiger partial charge >= 0.3 is 0 Å². The number of sulfonamides is 1. The number of benzene rings is 1. The third-order valence-corrected chi connectivity index (χ3v) is 5.11. The second-order valence-corrected chi connectivity index (χ2v) is 7.35. The molecule has 1 saturated carbocycles. The molecule has 0 unspecified atom stereocenters. The van der Waals surface area contributed by atoms with Crippen molar-refractivity contribution in [2.45, 2.75) is 44.0 Å². The molecule has 0 aliphatic heterocycles. The summed E-state index contributed by atoms with van der Waals surface area (Å²) in [6.07, 6.45) is 2.98. The highest BCUT2D eigenvalue weighted by Crippen LogP contribution is 2.32. The van der Waals surface area contributed by atoms with Gasteiger partial charge in [-0.05, 0) is 44.4 Å². The molecule has 0 spiro atoms. The molecule has 0 heterocycles. The first-order valence-corrected chi connectivity index (χ1v) is 8.32. The average Bonchev–Trinajstić information content (AvgIpc) is 2.26. The molecule has 1 fully saturated rings. The lowest BCUT2D eigenvalue weighted by atomic mass is 9.80. The second-order valence-electron chi connectivity index (χ2n) is 5.63. The van der Waals surface area contributed by atoms with Gasteiger partial charge in [0.15, 0.2) is 0 Å². The minimum absolute atomic E-state index is 0.0557. The molecule has 0 atom stereocenters. The molecule has 2 N–H and O–H groups in total. The topological polar surface area (TPSA) is 58.2 Å². The quantitative estimate of drug-likeness (QED) is 0.836. The van der Waals surface area contributed by atoms with Crippen molar-refractivity contribution in [3.8, 4) is 0 Å². The predicted molar refractivity (Wildman–Crippen MR) is 77.2 cm³/mol. The first-order valence-electron chi connectivity index (χ1n) is 6.67. The normalized spacial score (nSPS) is 18.0. The van der Waals surface area contributed by atoms with Crippen LogP contribution in [0.15, 0.2) is 24.3 Å². The Balaban J connectivity index is 2.05. The van der Waals surface area contributed by atoms with Crippen LogP contribution in [-0.4, -0.2) is 21.0 Å². The van der Waals surface area contributed by atoms with Gasteiger partial charge in [0.2, 0.25) is 10.0 Å². The van der Waals surface area contributed by atoms with Crippen molar-refractivity contribution in [1.82, 2.24) is 10.0 Å². The van der Waals surface area contributed by atoms with E-state index in [2.05, 4.69) is 10.0 Å². The Morgan fingerprint density at radius 3 is 2.53 bits per heavy atom. The second kappa shape index (κ2) is 5.61. The van der Waals surface area contributed by atoms with E-state index in [4.69, 9.17) is 0 Å². The standard InChI is InChI=1S/C14H22N2O2S/c1-14(7-4-8-14)16-19(17,18)11-13-6-3-5-12(9-13)10-15-2/h3,5-6,9,15-16H,4,7-8,10-11H2,1-2H3. The van der Waals surface area contributed by atoms with Crippen LogP contribution in [0.25, 0.3) is 0 Å². The maximum atomic E-state index is 12.2. The van der Waals surface area contributed by atoms with Crippen LogP contribution in [0.1, 0.15) is 37.3 Å². The summed E-state index contributed by atoms with van der Waals surface area (Å²) < 4.78 is 27.1. The highest BCUT2D eigenvalue weighted by Gasteiger charge is 2.35. The number of hydrogen-bond acceptors (Lipinski definition) is 3. The smallest absolute Gasteiger partial charge is 0.216 e. The van der Waals surface area contributed by atoms with Crippen molar-refractivity contribution in [2.75, 3.05) is 7.05 Å². The van der Waals surface area contributed by atoms with Crippen LogP contribution in [-0.2, 0) is 22.3 Å². The highest BCUT2D eigenvalue weighted by atomic mass is 32.2. The Kier molecular flexibility index (Phi) is 4.28. The molecule has 19 heavy (non-hydrogen) atoms. The van der Waals surface area contributed by atoms with Crippen molar-refractivity contribution >= 4 is 10.0 Å². The molecule has 0 bridgehead atoms. The average molecular weight is 282 g/mol. The molecule has 1 aromatic rings. The Bertz CT molecular complexity index is 536. The van der Waals surface area contributed by atoms with Gasteiger partial charge in [-0.2, -0.15) is 0 Å². The zero-order valence-corrected chi connectivity index (χ0v) is 12.4. The van der Waals surface area contributed by atoms with Gasteiger partial charge in [-0.15, -0.1) is 0 Å². The van der Waals surface area contributed by atoms with Gasteiger partial charge in [0.25, 0.3) is 0 Å². The monoisotopic (exact) mass is 282 g/mol. The lowest BCUT2D eigenvalue weighted by molar-refractivity contribution is 0.248. The fraction of sp³-hybridized carbons (Fsp3) is 0.571. The summed E-state index contributed by atoms with van der Waals surface area (Å²) in [5.41, 5.74) is 1.72. The molecular formula is C14H22N2O2S. The van der Waals surface area contributed by atoms with Crippen LogP contribution in [0.5, 0.6) is 0 Å². The van der Waals surface area contributed by atoms with E-state index in [-0.39, 0.29) is 11.3 Å². The van der Waals surface area contributed by atoms with Crippen molar-refractivity contribution in [3.63, 3.8) is 0 Å². The van der Waals surface area contributed by atoms with Gasteiger partial charge in [-0.1, -0.05) is 24.3 Å². The van der Waals surface area contributed by atoms with Gasteiger partial charge in [-0.3, -0.25) is 0 Å². The molecule has 4 nitrogen and oxygen atoms in total. The summed E-state index contributed by atoms with van der Waals surface area (Å²) in [5.74, 6) is 0.0557. The molecule has 0 radical (unpaired) electrons. The first-order chi connectivity index (χ1) is 8.92. The van der Waals surface area contributed by atoms with Crippen LogP contribution >= 0.6 is 0 Å².